The van der Waals surface area contributed by atoms with E-state index in [-0.39, 0.29) is 0 Å². The fourth-order valence-electron chi connectivity index (χ4n) is 1.71. The molecule has 0 saturated carbocycles. The molecule has 2 aromatic carbocycles. The number of carbonyl (C=O) groups is 1. The maximum absolute atomic E-state index is 9.40. The van der Waals surface area contributed by atoms with Crippen LogP contribution in [0.4, 0.5) is 5.69 Å². The Morgan fingerprint density at radius 2 is 1.85 bits per heavy atom. The van der Waals surface area contributed by atoms with Crippen molar-refractivity contribution in [1.29, 1.82) is 0 Å². The molecule has 0 atom stereocenters. The molecule has 0 unspecified atom stereocenters. The highest BCUT2D eigenvalue weighted by Crippen LogP contribution is 2.30. The Morgan fingerprint density at radius 1 is 1.15 bits per heavy atom. The minimum absolute atomic E-state index is 0.708. The average Bonchev–Trinajstić information content (AvgIpc) is 2.49. The summed E-state index contributed by atoms with van der Waals surface area (Å²) in [6, 6.07) is 16.6. The van der Waals surface area contributed by atoms with Crippen molar-refractivity contribution >= 4 is 27.9 Å². The van der Waals surface area contributed by atoms with Gasteiger partial charge in [0.1, 0.15) is 6.29 Å². The van der Waals surface area contributed by atoms with E-state index < -0.39 is 0 Å². The molecular formula is C17H20BrNO. The molecule has 0 amide bonds. The van der Waals surface area contributed by atoms with E-state index in [1.165, 1.54) is 11.1 Å². The number of carbonyl (C=O) groups excluding carboxylic acids is 1. The van der Waals surface area contributed by atoms with Gasteiger partial charge in [0.25, 0.3) is 0 Å². The van der Waals surface area contributed by atoms with Crippen LogP contribution in [0.25, 0.3) is 11.1 Å². The van der Waals surface area contributed by atoms with E-state index in [4.69, 9.17) is 0 Å². The number of halogens is 1. The highest BCUT2D eigenvalue weighted by atomic mass is 79.9. The average molecular weight is 334 g/mol. The number of nitrogens with one attached hydrogen (secondary N) is 1. The second kappa shape index (κ2) is 9.32. The Morgan fingerprint density at radius 3 is 2.35 bits per heavy atom. The van der Waals surface area contributed by atoms with Gasteiger partial charge in [-0.15, -0.1) is 0 Å². The second-order valence-corrected chi connectivity index (χ2v) is 5.18. The molecule has 2 aromatic rings. The summed E-state index contributed by atoms with van der Waals surface area (Å²) in [5.74, 6) is 0. The van der Waals surface area contributed by atoms with Crippen molar-refractivity contribution in [2.24, 2.45) is 0 Å². The van der Waals surface area contributed by atoms with Gasteiger partial charge in [0.15, 0.2) is 0 Å². The molecule has 0 heterocycles. The molecule has 20 heavy (non-hydrogen) atoms. The van der Waals surface area contributed by atoms with Gasteiger partial charge >= 0.3 is 0 Å². The van der Waals surface area contributed by atoms with Crippen molar-refractivity contribution in [3.05, 3.63) is 53.0 Å². The van der Waals surface area contributed by atoms with Gasteiger partial charge < -0.3 is 10.1 Å². The van der Waals surface area contributed by atoms with Gasteiger partial charge in [-0.25, -0.2) is 0 Å². The molecule has 3 heteroatoms. The zero-order valence-electron chi connectivity index (χ0n) is 11.9. The van der Waals surface area contributed by atoms with Crippen molar-refractivity contribution in [1.82, 2.24) is 0 Å². The summed E-state index contributed by atoms with van der Waals surface area (Å²) < 4.78 is 1.10. The van der Waals surface area contributed by atoms with Crippen molar-refractivity contribution in [2.75, 3.05) is 12.4 Å². The fourth-order valence-corrected chi connectivity index (χ4v) is 2.07. The molecule has 106 valence electrons. The van der Waals surface area contributed by atoms with Crippen LogP contribution in [0.5, 0.6) is 0 Å². The van der Waals surface area contributed by atoms with Crippen LogP contribution in [-0.2, 0) is 4.79 Å². The lowest BCUT2D eigenvalue weighted by Gasteiger charge is -2.09. The highest BCUT2D eigenvalue weighted by Gasteiger charge is 2.03. The maximum Gasteiger partial charge on any atom is 0.119 e. The van der Waals surface area contributed by atoms with E-state index in [1.54, 1.807) is 0 Å². The first kappa shape index (κ1) is 16.4. The van der Waals surface area contributed by atoms with Crippen molar-refractivity contribution in [3.8, 4) is 11.1 Å². The van der Waals surface area contributed by atoms with Crippen LogP contribution in [0, 0.1) is 0 Å². The number of hydrogen-bond acceptors (Lipinski definition) is 2. The third-order valence-electron chi connectivity index (χ3n) is 2.74. The first-order chi connectivity index (χ1) is 9.72. The predicted octanol–water partition coefficient (Wildman–Crippen LogP) is 5.14. The number of anilines is 1. The normalized spacial score (nSPS) is 9.35. The van der Waals surface area contributed by atoms with Gasteiger partial charge in [-0.1, -0.05) is 53.2 Å². The van der Waals surface area contributed by atoms with Crippen LogP contribution in [0.15, 0.2) is 53.0 Å². The van der Waals surface area contributed by atoms with Crippen LogP contribution in [0.1, 0.15) is 19.8 Å². The predicted molar refractivity (Wildman–Crippen MR) is 90.1 cm³/mol. The van der Waals surface area contributed by atoms with Crippen LogP contribution in [0.3, 0.4) is 0 Å². The number of aldehydes is 1. The highest BCUT2D eigenvalue weighted by molar-refractivity contribution is 9.10. The Bertz CT molecular complexity index is 526. The molecule has 0 aliphatic carbocycles. The van der Waals surface area contributed by atoms with E-state index in [0.29, 0.717) is 6.42 Å². The van der Waals surface area contributed by atoms with Gasteiger partial charge in [-0.05, 0) is 30.2 Å². The molecule has 2 nitrogen and oxygen atoms in total. The fraction of sp³-hybridized carbons (Fsp3) is 0.235. The van der Waals surface area contributed by atoms with Crippen molar-refractivity contribution in [3.63, 3.8) is 0 Å². The smallest absolute Gasteiger partial charge is 0.119 e. The number of benzene rings is 2. The lowest BCUT2D eigenvalue weighted by Crippen LogP contribution is -1.91. The van der Waals surface area contributed by atoms with Crippen LogP contribution in [-0.4, -0.2) is 13.3 Å². The molecule has 0 aliphatic rings. The molecule has 1 N–H and O–H groups in total. The zero-order valence-corrected chi connectivity index (χ0v) is 13.5. The zero-order chi connectivity index (χ0) is 14.8. The molecule has 0 spiro atoms. The lowest BCUT2D eigenvalue weighted by molar-refractivity contribution is -0.107. The molecule has 0 radical (unpaired) electrons. The molecule has 0 bridgehead atoms. The minimum Gasteiger partial charge on any atom is -0.388 e. The Kier molecular flexibility index (Phi) is 7.66. The van der Waals surface area contributed by atoms with Crippen LogP contribution >= 0.6 is 15.9 Å². The standard InChI is InChI=1S/C13H12BrN.C4H8O/c1-15-13-8-7-11(14)9-12(13)10-5-3-2-4-6-10;1-2-3-4-5/h2-9,15H,1H3;4H,2-3H2,1H3. The number of unbranched alkanes of at least 4 members (excludes halogenated alkanes) is 1. The van der Waals surface area contributed by atoms with E-state index in [1.807, 2.05) is 26.1 Å². The van der Waals surface area contributed by atoms with Crippen molar-refractivity contribution < 1.29 is 4.79 Å². The van der Waals surface area contributed by atoms with E-state index in [0.717, 1.165) is 22.9 Å². The molecular weight excluding hydrogens is 314 g/mol. The molecule has 0 fully saturated rings. The SMILES string of the molecule is CCCC=O.CNc1ccc(Br)cc1-c1ccccc1. The number of rotatable bonds is 4. The Balaban J connectivity index is 0.000000347. The van der Waals surface area contributed by atoms with E-state index >= 15 is 0 Å². The van der Waals surface area contributed by atoms with Gasteiger partial charge in [0.05, 0.1) is 0 Å². The summed E-state index contributed by atoms with van der Waals surface area (Å²) in [5, 5.41) is 3.20. The number of hydrogen-bond donors (Lipinski definition) is 1. The van der Waals surface area contributed by atoms with E-state index in [2.05, 4.69) is 57.6 Å². The summed E-state index contributed by atoms with van der Waals surface area (Å²) in [7, 11) is 1.94. The van der Waals surface area contributed by atoms with E-state index in [9.17, 15) is 4.79 Å². The van der Waals surface area contributed by atoms with Gasteiger partial charge in [-0.3, -0.25) is 0 Å². The van der Waals surface area contributed by atoms with Crippen molar-refractivity contribution in [2.45, 2.75) is 19.8 Å². The lowest BCUT2D eigenvalue weighted by atomic mass is 10.0. The summed E-state index contributed by atoms with van der Waals surface area (Å²) in [4.78, 5) is 9.40. The third kappa shape index (κ3) is 5.17. The largest absolute Gasteiger partial charge is 0.388 e. The summed E-state index contributed by atoms with van der Waals surface area (Å²) in [5.41, 5.74) is 3.58. The van der Waals surface area contributed by atoms with Gasteiger partial charge in [0.2, 0.25) is 0 Å². The monoisotopic (exact) mass is 333 g/mol. The summed E-state index contributed by atoms with van der Waals surface area (Å²) in [6.07, 6.45) is 2.61. The Labute approximate surface area is 129 Å². The minimum atomic E-state index is 0.708. The molecule has 0 aromatic heterocycles. The quantitative estimate of drug-likeness (QED) is 0.784. The summed E-state index contributed by atoms with van der Waals surface area (Å²) >= 11 is 3.49. The second-order valence-electron chi connectivity index (χ2n) is 4.26. The molecule has 2 rings (SSSR count). The topological polar surface area (TPSA) is 29.1 Å². The maximum atomic E-state index is 9.40. The molecule has 0 saturated heterocycles. The van der Waals surface area contributed by atoms with Gasteiger partial charge in [0, 0.05) is 29.2 Å². The molecule has 0 aliphatic heterocycles. The third-order valence-corrected chi connectivity index (χ3v) is 3.24. The van der Waals surface area contributed by atoms with Crippen LogP contribution < -0.4 is 5.32 Å². The van der Waals surface area contributed by atoms with Crippen LogP contribution in [0.2, 0.25) is 0 Å². The Hall–Kier alpha value is -1.61. The summed E-state index contributed by atoms with van der Waals surface area (Å²) in [6.45, 7) is 1.98. The first-order valence-electron chi connectivity index (χ1n) is 6.69. The first-order valence-corrected chi connectivity index (χ1v) is 7.48. The van der Waals surface area contributed by atoms with Gasteiger partial charge in [-0.2, -0.15) is 0 Å².